The standard InChI is InChI=1S/C59H111NO5/c1-3-5-7-9-11-13-15-17-24-27-31-35-39-43-47-51-57(62)56(55-61)60-58(63)52-48-44-40-36-32-28-25-22-20-19-21-23-26-30-34-38-42-46-50-54-65-59(64)53-49-45-41-37-33-29-18-16-14-12-10-8-6-4-2/h16,18-20,47,51,56-57,61-62H,3-15,17,21-46,48-50,52-55H2,1-2H3,(H,60,63)/b18-16-,20-19-,51-47+. The summed E-state index contributed by atoms with van der Waals surface area (Å²) in [6, 6.07) is -0.635. The molecule has 0 heterocycles. The zero-order valence-electron chi connectivity index (χ0n) is 43.5. The van der Waals surface area contributed by atoms with Crippen molar-refractivity contribution in [1.82, 2.24) is 5.32 Å². The van der Waals surface area contributed by atoms with Gasteiger partial charge >= 0.3 is 5.97 Å². The van der Waals surface area contributed by atoms with Crippen LogP contribution < -0.4 is 5.32 Å². The summed E-state index contributed by atoms with van der Waals surface area (Å²) in [5.41, 5.74) is 0. The van der Waals surface area contributed by atoms with Crippen molar-refractivity contribution in [2.45, 2.75) is 315 Å². The molecule has 0 radical (unpaired) electrons. The van der Waals surface area contributed by atoms with Gasteiger partial charge in [0.25, 0.3) is 0 Å². The smallest absolute Gasteiger partial charge is 0.305 e. The fraction of sp³-hybridized carbons (Fsp3) is 0.864. The maximum absolute atomic E-state index is 12.4. The molecule has 0 saturated heterocycles. The number of aliphatic hydroxyl groups excluding tert-OH is 2. The van der Waals surface area contributed by atoms with Gasteiger partial charge in [-0.25, -0.2) is 0 Å². The van der Waals surface area contributed by atoms with Crippen molar-refractivity contribution in [3.63, 3.8) is 0 Å². The number of allylic oxidation sites excluding steroid dienone is 5. The van der Waals surface area contributed by atoms with Crippen molar-refractivity contribution in [3.05, 3.63) is 36.5 Å². The molecular formula is C59H111NO5. The highest BCUT2D eigenvalue weighted by Gasteiger charge is 2.18. The summed E-state index contributed by atoms with van der Waals surface area (Å²) in [6.07, 6.45) is 67.3. The van der Waals surface area contributed by atoms with Crippen LogP contribution in [0.3, 0.4) is 0 Å². The second-order valence-corrected chi connectivity index (χ2v) is 19.6. The highest BCUT2D eigenvalue weighted by molar-refractivity contribution is 5.76. The molecule has 0 aliphatic rings. The summed E-state index contributed by atoms with van der Waals surface area (Å²) in [4.78, 5) is 24.5. The van der Waals surface area contributed by atoms with Gasteiger partial charge in [-0.2, -0.15) is 0 Å². The van der Waals surface area contributed by atoms with E-state index in [1.54, 1.807) is 6.08 Å². The number of unbranched alkanes of at least 4 members (excludes halogenated alkanes) is 38. The molecule has 0 fully saturated rings. The Balaban J connectivity index is 3.47. The second kappa shape index (κ2) is 54.7. The van der Waals surface area contributed by atoms with Gasteiger partial charge in [0.15, 0.2) is 0 Å². The SMILES string of the molecule is CCCCCCC/C=C\CCCCCCCC(=O)OCCCCCCCCCC/C=C\CCCCCCCCCC(=O)NC(CO)C(O)/C=C/CCCCCCCCCCCCCCC. The van der Waals surface area contributed by atoms with E-state index in [4.69, 9.17) is 4.74 Å². The summed E-state index contributed by atoms with van der Waals surface area (Å²) in [5, 5.41) is 23.1. The number of rotatable bonds is 53. The molecule has 0 aromatic heterocycles. The monoisotopic (exact) mass is 914 g/mol. The highest BCUT2D eigenvalue weighted by atomic mass is 16.5. The van der Waals surface area contributed by atoms with Crippen molar-refractivity contribution in [2.24, 2.45) is 0 Å². The van der Waals surface area contributed by atoms with Crippen LogP contribution in [0.5, 0.6) is 0 Å². The summed E-state index contributed by atoms with van der Waals surface area (Å²) in [5.74, 6) is -0.0830. The van der Waals surface area contributed by atoms with Gasteiger partial charge < -0.3 is 20.3 Å². The van der Waals surface area contributed by atoms with E-state index in [2.05, 4.69) is 43.5 Å². The van der Waals surface area contributed by atoms with Gasteiger partial charge in [0.2, 0.25) is 5.91 Å². The lowest BCUT2D eigenvalue weighted by Gasteiger charge is -2.20. The van der Waals surface area contributed by atoms with Crippen LogP contribution in [0.25, 0.3) is 0 Å². The molecule has 0 saturated carbocycles. The first kappa shape index (κ1) is 63.1. The molecule has 0 aromatic carbocycles. The molecule has 6 heteroatoms. The lowest BCUT2D eigenvalue weighted by atomic mass is 10.0. The Morgan fingerprint density at radius 3 is 1.09 bits per heavy atom. The van der Waals surface area contributed by atoms with Crippen molar-refractivity contribution in [2.75, 3.05) is 13.2 Å². The fourth-order valence-corrected chi connectivity index (χ4v) is 8.68. The van der Waals surface area contributed by atoms with E-state index < -0.39 is 12.1 Å². The van der Waals surface area contributed by atoms with Gasteiger partial charge in [0.05, 0.1) is 25.4 Å². The molecule has 0 aliphatic carbocycles. The van der Waals surface area contributed by atoms with Crippen LogP contribution in [0.4, 0.5) is 0 Å². The van der Waals surface area contributed by atoms with Crippen LogP contribution in [0.1, 0.15) is 303 Å². The molecule has 1 amide bonds. The predicted octanol–water partition coefficient (Wildman–Crippen LogP) is 17.6. The maximum atomic E-state index is 12.4. The van der Waals surface area contributed by atoms with E-state index >= 15 is 0 Å². The highest BCUT2D eigenvalue weighted by Crippen LogP contribution is 2.16. The quantitative estimate of drug-likeness (QED) is 0.0321. The number of amides is 1. The molecule has 65 heavy (non-hydrogen) atoms. The van der Waals surface area contributed by atoms with Gasteiger partial charge in [-0.05, 0) is 83.5 Å². The van der Waals surface area contributed by atoms with E-state index in [9.17, 15) is 19.8 Å². The molecule has 2 unspecified atom stereocenters. The zero-order valence-corrected chi connectivity index (χ0v) is 43.5. The molecular weight excluding hydrogens is 803 g/mol. The number of aliphatic hydroxyl groups is 2. The van der Waals surface area contributed by atoms with Crippen LogP contribution in [-0.4, -0.2) is 47.4 Å². The minimum Gasteiger partial charge on any atom is -0.466 e. The van der Waals surface area contributed by atoms with Gasteiger partial charge in [-0.3, -0.25) is 9.59 Å². The minimum absolute atomic E-state index is 0.00563. The first-order valence-corrected chi connectivity index (χ1v) is 28.8. The Kier molecular flexibility index (Phi) is 53.1. The van der Waals surface area contributed by atoms with E-state index in [1.165, 1.54) is 225 Å². The number of ether oxygens (including phenoxy) is 1. The average molecular weight is 915 g/mol. The number of carbonyl (C=O) groups is 2. The first-order chi connectivity index (χ1) is 32.0. The molecule has 382 valence electrons. The molecule has 2 atom stereocenters. The van der Waals surface area contributed by atoms with Crippen LogP contribution in [0.2, 0.25) is 0 Å². The lowest BCUT2D eigenvalue weighted by Crippen LogP contribution is -2.45. The summed E-state index contributed by atoms with van der Waals surface area (Å²) in [7, 11) is 0. The minimum atomic E-state index is -0.851. The zero-order chi connectivity index (χ0) is 47.2. The summed E-state index contributed by atoms with van der Waals surface area (Å²) < 4.78 is 5.46. The van der Waals surface area contributed by atoms with Crippen LogP contribution >= 0.6 is 0 Å². The van der Waals surface area contributed by atoms with Gasteiger partial charge in [-0.1, -0.05) is 243 Å². The third kappa shape index (κ3) is 51.3. The predicted molar refractivity (Wildman–Crippen MR) is 283 cm³/mol. The summed E-state index contributed by atoms with van der Waals surface area (Å²) >= 11 is 0. The van der Waals surface area contributed by atoms with Gasteiger partial charge in [0, 0.05) is 12.8 Å². The molecule has 0 aromatic rings. The maximum Gasteiger partial charge on any atom is 0.305 e. The number of esters is 1. The Hall–Kier alpha value is -1.92. The number of carbonyl (C=O) groups excluding carboxylic acids is 2. The van der Waals surface area contributed by atoms with E-state index in [-0.39, 0.29) is 18.5 Å². The Labute approximate surface area is 404 Å². The van der Waals surface area contributed by atoms with Gasteiger partial charge in [-0.15, -0.1) is 0 Å². The average Bonchev–Trinajstić information content (AvgIpc) is 3.31. The number of hydrogen-bond acceptors (Lipinski definition) is 5. The van der Waals surface area contributed by atoms with Crippen LogP contribution in [0, 0.1) is 0 Å². The number of hydrogen-bond donors (Lipinski definition) is 3. The molecule has 6 nitrogen and oxygen atoms in total. The Bertz CT molecular complexity index is 1060. The van der Waals surface area contributed by atoms with Crippen molar-refractivity contribution < 1.29 is 24.5 Å². The van der Waals surface area contributed by atoms with Crippen molar-refractivity contribution in [1.29, 1.82) is 0 Å². The van der Waals surface area contributed by atoms with Gasteiger partial charge in [0.1, 0.15) is 0 Å². The first-order valence-electron chi connectivity index (χ1n) is 28.8. The summed E-state index contributed by atoms with van der Waals surface area (Å²) in [6.45, 7) is 4.88. The van der Waals surface area contributed by atoms with Crippen LogP contribution in [-0.2, 0) is 14.3 Å². The molecule has 0 bridgehead atoms. The van der Waals surface area contributed by atoms with E-state index in [0.29, 0.717) is 19.4 Å². The topological polar surface area (TPSA) is 95.9 Å². The lowest BCUT2D eigenvalue weighted by molar-refractivity contribution is -0.143. The van der Waals surface area contributed by atoms with Crippen LogP contribution in [0.15, 0.2) is 36.5 Å². The van der Waals surface area contributed by atoms with Crippen molar-refractivity contribution in [3.8, 4) is 0 Å². The largest absolute Gasteiger partial charge is 0.466 e. The number of nitrogens with one attached hydrogen (secondary N) is 1. The van der Waals surface area contributed by atoms with Crippen molar-refractivity contribution >= 4 is 11.9 Å². The Morgan fingerprint density at radius 1 is 0.415 bits per heavy atom. The van der Waals surface area contributed by atoms with E-state index in [0.717, 1.165) is 51.4 Å². The molecule has 0 rings (SSSR count). The third-order valence-electron chi connectivity index (χ3n) is 13.1. The second-order valence-electron chi connectivity index (χ2n) is 19.6. The third-order valence-corrected chi connectivity index (χ3v) is 13.1. The molecule has 0 spiro atoms. The van der Waals surface area contributed by atoms with E-state index in [1.807, 2.05) is 6.08 Å². The molecule has 0 aliphatic heterocycles. The Morgan fingerprint density at radius 2 is 0.723 bits per heavy atom. The fourth-order valence-electron chi connectivity index (χ4n) is 8.68. The normalized spacial score (nSPS) is 12.9. The molecule has 3 N–H and O–H groups in total.